The molecule has 0 aromatic heterocycles. The van der Waals surface area contributed by atoms with Crippen molar-refractivity contribution in [2.24, 2.45) is 0 Å². The Hall–Kier alpha value is -4.20. The summed E-state index contributed by atoms with van der Waals surface area (Å²) >= 11 is 0. The summed E-state index contributed by atoms with van der Waals surface area (Å²) in [7, 11) is 0. The molecule has 0 radical (unpaired) electrons. The second-order valence-corrected chi connectivity index (χ2v) is 8.68. The van der Waals surface area contributed by atoms with Gasteiger partial charge in [-0.1, -0.05) is 17.7 Å². The minimum atomic E-state index is -0.385. The molecule has 1 saturated heterocycles. The SMILES string of the molecule is Cc1ccc(C(=O)Nc2ccc(N3CCCC3)c(NC(=O)Nc3ccc4c(c3)OCCO4)c2)cc1. The summed E-state index contributed by atoms with van der Waals surface area (Å²) in [6.45, 7) is 4.81. The van der Waals surface area contributed by atoms with Gasteiger partial charge in [-0.2, -0.15) is 0 Å². The molecule has 3 aromatic rings. The van der Waals surface area contributed by atoms with E-state index in [2.05, 4.69) is 20.9 Å². The van der Waals surface area contributed by atoms with Crippen LogP contribution in [0.3, 0.4) is 0 Å². The maximum atomic E-state index is 12.9. The van der Waals surface area contributed by atoms with Gasteiger partial charge >= 0.3 is 6.03 Å². The van der Waals surface area contributed by atoms with Gasteiger partial charge in [0.1, 0.15) is 13.2 Å². The zero-order valence-corrected chi connectivity index (χ0v) is 19.6. The minimum absolute atomic E-state index is 0.203. The molecular formula is C27H28N4O4. The van der Waals surface area contributed by atoms with Gasteiger partial charge in [0.2, 0.25) is 0 Å². The number of nitrogens with zero attached hydrogens (tertiary/aromatic N) is 1. The summed E-state index contributed by atoms with van der Waals surface area (Å²) in [4.78, 5) is 27.9. The Labute approximate surface area is 204 Å². The van der Waals surface area contributed by atoms with Crippen molar-refractivity contribution in [1.29, 1.82) is 0 Å². The maximum absolute atomic E-state index is 12.9. The minimum Gasteiger partial charge on any atom is -0.486 e. The van der Waals surface area contributed by atoms with Crippen molar-refractivity contribution in [3.63, 3.8) is 0 Å². The highest BCUT2D eigenvalue weighted by atomic mass is 16.6. The number of urea groups is 1. The van der Waals surface area contributed by atoms with E-state index in [1.54, 1.807) is 36.4 Å². The fourth-order valence-corrected chi connectivity index (χ4v) is 4.26. The van der Waals surface area contributed by atoms with Gasteiger partial charge < -0.3 is 30.3 Å². The Morgan fingerprint density at radius 1 is 0.771 bits per heavy atom. The molecule has 0 unspecified atom stereocenters. The van der Waals surface area contributed by atoms with E-state index in [-0.39, 0.29) is 11.9 Å². The summed E-state index contributed by atoms with van der Waals surface area (Å²) in [5.74, 6) is 1.06. The highest BCUT2D eigenvalue weighted by molar-refractivity contribution is 6.06. The van der Waals surface area contributed by atoms with Crippen molar-refractivity contribution >= 4 is 34.7 Å². The molecule has 0 saturated carbocycles. The smallest absolute Gasteiger partial charge is 0.323 e. The van der Waals surface area contributed by atoms with E-state index in [9.17, 15) is 9.59 Å². The van der Waals surface area contributed by atoms with E-state index in [4.69, 9.17) is 9.47 Å². The first-order valence-electron chi connectivity index (χ1n) is 11.8. The fourth-order valence-electron chi connectivity index (χ4n) is 4.26. The molecule has 2 heterocycles. The van der Waals surface area contributed by atoms with Gasteiger partial charge in [-0.3, -0.25) is 4.79 Å². The molecule has 5 rings (SSSR count). The third-order valence-electron chi connectivity index (χ3n) is 6.06. The van der Waals surface area contributed by atoms with Gasteiger partial charge in [0.25, 0.3) is 5.91 Å². The lowest BCUT2D eigenvalue weighted by Gasteiger charge is -2.23. The van der Waals surface area contributed by atoms with Crippen molar-refractivity contribution in [3.05, 3.63) is 71.8 Å². The monoisotopic (exact) mass is 472 g/mol. The lowest BCUT2D eigenvalue weighted by molar-refractivity contribution is 0.102. The van der Waals surface area contributed by atoms with E-state index >= 15 is 0 Å². The van der Waals surface area contributed by atoms with E-state index in [0.29, 0.717) is 47.3 Å². The number of ether oxygens (including phenoxy) is 2. The molecule has 2 aliphatic rings. The number of nitrogens with one attached hydrogen (secondary N) is 3. The normalized spacial score (nSPS) is 14.4. The lowest BCUT2D eigenvalue weighted by atomic mass is 10.1. The molecule has 8 heteroatoms. The Kier molecular flexibility index (Phi) is 6.43. The molecule has 2 aliphatic heterocycles. The number of benzene rings is 3. The highest BCUT2D eigenvalue weighted by Crippen LogP contribution is 2.34. The zero-order valence-electron chi connectivity index (χ0n) is 19.6. The van der Waals surface area contributed by atoms with Gasteiger partial charge in [0.15, 0.2) is 11.5 Å². The predicted molar refractivity (Wildman–Crippen MR) is 137 cm³/mol. The molecule has 0 aliphatic carbocycles. The largest absolute Gasteiger partial charge is 0.486 e. The average molecular weight is 473 g/mol. The molecular weight excluding hydrogens is 444 g/mol. The molecule has 8 nitrogen and oxygen atoms in total. The van der Waals surface area contributed by atoms with E-state index in [1.807, 2.05) is 31.2 Å². The van der Waals surface area contributed by atoms with E-state index in [0.717, 1.165) is 37.2 Å². The number of carbonyl (C=O) groups excluding carboxylic acids is 2. The number of amides is 3. The van der Waals surface area contributed by atoms with Crippen LogP contribution < -0.4 is 30.3 Å². The summed E-state index contributed by atoms with van der Waals surface area (Å²) in [6, 6.07) is 17.9. The standard InChI is InChI=1S/C27H28N4O4/c1-18-4-6-19(7-5-18)26(32)28-20-8-10-23(31-12-2-3-13-31)22(16-20)30-27(33)29-21-9-11-24-25(17-21)35-15-14-34-24/h4-11,16-17H,2-3,12-15H2,1H3,(H,28,32)(H2,29,30,33). The van der Waals surface area contributed by atoms with Crippen LogP contribution in [0.15, 0.2) is 60.7 Å². The van der Waals surface area contributed by atoms with E-state index in [1.165, 1.54) is 0 Å². The third kappa shape index (κ3) is 5.32. The first kappa shape index (κ1) is 22.6. The van der Waals surface area contributed by atoms with Gasteiger partial charge in [-0.15, -0.1) is 0 Å². The van der Waals surface area contributed by atoms with Gasteiger partial charge in [-0.05, 0) is 62.2 Å². The van der Waals surface area contributed by atoms with Crippen LogP contribution in [-0.2, 0) is 0 Å². The first-order valence-corrected chi connectivity index (χ1v) is 11.8. The van der Waals surface area contributed by atoms with Crippen LogP contribution >= 0.6 is 0 Å². The average Bonchev–Trinajstić information content (AvgIpc) is 3.39. The molecule has 3 aromatic carbocycles. The van der Waals surface area contributed by atoms with Crippen molar-refractivity contribution in [2.45, 2.75) is 19.8 Å². The van der Waals surface area contributed by atoms with Gasteiger partial charge in [0.05, 0.1) is 11.4 Å². The Balaban J connectivity index is 1.34. The maximum Gasteiger partial charge on any atom is 0.323 e. The van der Waals surface area contributed by atoms with Crippen LogP contribution in [0.1, 0.15) is 28.8 Å². The first-order chi connectivity index (χ1) is 17.0. The fraction of sp³-hybridized carbons (Fsp3) is 0.259. The second kappa shape index (κ2) is 9.97. The van der Waals surface area contributed by atoms with Crippen molar-refractivity contribution in [1.82, 2.24) is 0 Å². The lowest BCUT2D eigenvalue weighted by Crippen LogP contribution is -2.24. The van der Waals surface area contributed by atoms with Gasteiger partial charge in [-0.25, -0.2) is 4.79 Å². The number of anilines is 4. The summed E-state index contributed by atoms with van der Waals surface area (Å²) in [5.41, 5.74) is 4.42. The number of aryl methyl sites for hydroxylation is 1. The molecule has 35 heavy (non-hydrogen) atoms. The number of rotatable bonds is 5. The van der Waals surface area contributed by atoms with Crippen LogP contribution in [0.25, 0.3) is 0 Å². The van der Waals surface area contributed by atoms with Crippen LogP contribution in [0.5, 0.6) is 11.5 Å². The predicted octanol–water partition coefficient (Wildman–Crippen LogP) is 5.26. The molecule has 3 amide bonds. The molecule has 0 atom stereocenters. The van der Waals surface area contributed by atoms with Crippen LogP contribution in [0, 0.1) is 6.92 Å². The molecule has 1 fully saturated rings. The summed E-state index contributed by atoms with van der Waals surface area (Å²) < 4.78 is 11.1. The third-order valence-corrected chi connectivity index (χ3v) is 6.06. The zero-order chi connectivity index (χ0) is 24.2. The van der Waals surface area contributed by atoms with Gasteiger partial charge in [0, 0.05) is 36.1 Å². The number of hydrogen-bond donors (Lipinski definition) is 3. The van der Waals surface area contributed by atoms with Crippen molar-refractivity contribution in [3.8, 4) is 11.5 Å². The Bertz CT molecular complexity index is 1240. The van der Waals surface area contributed by atoms with Crippen molar-refractivity contribution in [2.75, 3.05) is 47.2 Å². The van der Waals surface area contributed by atoms with E-state index < -0.39 is 0 Å². The Morgan fingerprint density at radius 3 is 2.23 bits per heavy atom. The second-order valence-electron chi connectivity index (χ2n) is 8.68. The molecule has 0 bridgehead atoms. The van der Waals surface area contributed by atoms with Crippen LogP contribution in [-0.4, -0.2) is 38.2 Å². The summed E-state index contributed by atoms with van der Waals surface area (Å²) in [5, 5.41) is 8.75. The quantitative estimate of drug-likeness (QED) is 0.471. The number of carbonyl (C=O) groups is 2. The van der Waals surface area contributed by atoms with Crippen LogP contribution in [0.4, 0.5) is 27.5 Å². The number of fused-ring (bicyclic) bond motifs is 1. The van der Waals surface area contributed by atoms with Crippen molar-refractivity contribution < 1.29 is 19.1 Å². The summed E-state index contributed by atoms with van der Waals surface area (Å²) in [6.07, 6.45) is 2.21. The molecule has 0 spiro atoms. The highest BCUT2D eigenvalue weighted by Gasteiger charge is 2.19. The molecule has 3 N–H and O–H groups in total. The Morgan fingerprint density at radius 2 is 1.46 bits per heavy atom. The topological polar surface area (TPSA) is 91.9 Å². The van der Waals surface area contributed by atoms with Crippen LogP contribution in [0.2, 0.25) is 0 Å². The number of hydrogen-bond acceptors (Lipinski definition) is 5. The molecule has 180 valence electrons.